The Kier molecular flexibility index (Phi) is 7.59. The third-order valence-corrected chi connectivity index (χ3v) is 5.99. The third-order valence-electron chi connectivity index (χ3n) is 5.37. The normalized spacial score (nSPS) is 11.1. The van der Waals surface area contributed by atoms with E-state index in [-0.39, 0.29) is 23.8 Å². The number of aryl methyl sites for hydroxylation is 2. The van der Waals surface area contributed by atoms with E-state index in [4.69, 9.17) is 4.74 Å². The molecular formula is C27H29BrN2O3. The van der Waals surface area contributed by atoms with E-state index in [1.807, 2.05) is 50.2 Å². The number of nitrogens with one attached hydrogen (secondary N) is 2. The molecule has 0 aliphatic heterocycles. The van der Waals surface area contributed by atoms with Gasteiger partial charge in [0.1, 0.15) is 5.75 Å². The predicted octanol–water partition coefficient (Wildman–Crippen LogP) is 6.63. The van der Waals surface area contributed by atoms with Crippen LogP contribution < -0.4 is 15.4 Å². The van der Waals surface area contributed by atoms with Crippen LogP contribution in [-0.2, 0) is 10.2 Å². The zero-order valence-electron chi connectivity index (χ0n) is 19.6. The number of ether oxygens (including phenoxy) is 1. The van der Waals surface area contributed by atoms with Gasteiger partial charge in [0.2, 0.25) is 0 Å². The first-order chi connectivity index (χ1) is 15.5. The summed E-state index contributed by atoms with van der Waals surface area (Å²) in [7, 11) is 0. The van der Waals surface area contributed by atoms with Crippen LogP contribution in [0.2, 0.25) is 0 Å². The van der Waals surface area contributed by atoms with E-state index in [0.717, 1.165) is 21.2 Å². The number of anilines is 2. The molecule has 3 rings (SSSR count). The van der Waals surface area contributed by atoms with Gasteiger partial charge in [-0.2, -0.15) is 0 Å². The zero-order valence-corrected chi connectivity index (χ0v) is 21.2. The van der Waals surface area contributed by atoms with Crippen molar-refractivity contribution in [3.05, 3.63) is 87.4 Å². The van der Waals surface area contributed by atoms with Crippen molar-refractivity contribution in [2.24, 2.45) is 0 Å². The van der Waals surface area contributed by atoms with Gasteiger partial charge in [-0.1, -0.05) is 45.0 Å². The number of benzene rings is 3. The molecule has 172 valence electrons. The fourth-order valence-corrected chi connectivity index (χ4v) is 3.71. The molecule has 0 atom stereocenters. The smallest absolute Gasteiger partial charge is 0.262 e. The second kappa shape index (κ2) is 10.2. The van der Waals surface area contributed by atoms with Gasteiger partial charge in [0, 0.05) is 5.69 Å². The standard InChI is InChI=1S/C27H29BrN2O3/c1-17-10-12-20(14-18(17)2)29-26(32)21-8-6-7-9-23(21)30-25(31)16-33-24-13-11-19(15-22(24)28)27(3,4)5/h6-15H,16H2,1-5H3,(H,29,32)(H,30,31). The van der Waals surface area contributed by atoms with Crippen molar-refractivity contribution >= 4 is 39.1 Å². The Morgan fingerprint density at radius 1 is 0.909 bits per heavy atom. The molecule has 0 fully saturated rings. The Labute approximate surface area is 203 Å². The van der Waals surface area contributed by atoms with E-state index in [9.17, 15) is 9.59 Å². The van der Waals surface area contributed by atoms with Crippen LogP contribution >= 0.6 is 15.9 Å². The maximum atomic E-state index is 12.8. The average Bonchev–Trinajstić information content (AvgIpc) is 2.75. The summed E-state index contributed by atoms with van der Waals surface area (Å²) in [6.07, 6.45) is 0. The fourth-order valence-electron chi connectivity index (χ4n) is 3.22. The van der Waals surface area contributed by atoms with Gasteiger partial charge in [-0.05, 0) is 88.3 Å². The number of hydrogen-bond acceptors (Lipinski definition) is 3. The van der Waals surface area contributed by atoms with E-state index in [2.05, 4.69) is 47.3 Å². The van der Waals surface area contributed by atoms with Gasteiger partial charge in [0.25, 0.3) is 11.8 Å². The molecule has 6 heteroatoms. The van der Waals surface area contributed by atoms with E-state index < -0.39 is 0 Å². The first-order valence-corrected chi connectivity index (χ1v) is 11.5. The lowest BCUT2D eigenvalue weighted by Gasteiger charge is -2.20. The maximum absolute atomic E-state index is 12.8. The highest BCUT2D eigenvalue weighted by Gasteiger charge is 2.17. The lowest BCUT2D eigenvalue weighted by molar-refractivity contribution is -0.118. The van der Waals surface area contributed by atoms with Crippen LogP contribution in [-0.4, -0.2) is 18.4 Å². The molecule has 0 saturated heterocycles. The molecule has 33 heavy (non-hydrogen) atoms. The molecule has 2 amide bonds. The van der Waals surface area contributed by atoms with Crippen LogP contribution in [0.15, 0.2) is 65.1 Å². The van der Waals surface area contributed by atoms with E-state index in [1.165, 1.54) is 0 Å². The van der Waals surface area contributed by atoms with Gasteiger partial charge < -0.3 is 15.4 Å². The molecule has 5 nitrogen and oxygen atoms in total. The Morgan fingerprint density at radius 2 is 1.64 bits per heavy atom. The van der Waals surface area contributed by atoms with Crippen LogP contribution in [0, 0.1) is 13.8 Å². The molecule has 0 saturated carbocycles. The van der Waals surface area contributed by atoms with Gasteiger partial charge in [-0.25, -0.2) is 0 Å². The Bertz CT molecular complexity index is 1180. The largest absolute Gasteiger partial charge is 0.483 e. The van der Waals surface area contributed by atoms with Gasteiger partial charge in [-0.15, -0.1) is 0 Å². The second-order valence-electron chi connectivity index (χ2n) is 9.03. The van der Waals surface area contributed by atoms with Crippen LogP contribution in [0.4, 0.5) is 11.4 Å². The molecule has 0 unspecified atom stereocenters. The summed E-state index contributed by atoms with van der Waals surface area (Å²) in [5, 5.41) is 5.68. The number of halogens is 1. The van der Waals surface area contributed by atoms with Gasteiger partial charge in [0.15, 0.2) is 6.61 Å². The highest BCUT2D eigenvalue weighted by atomic mass is 79.9. The molecule has 3 aromatic carbocycles. The minimum atomic E-state index is -0.353. The van der Waals surface area contributed by atoms with Crippen molar-refractivity contribution in [2.45, 2.75) is 40.0 Å². The maximum Gasteiger partial charge on any atom is 0.262 e. The molecule has 0 spiro atoms. The van der Waals surface area contributed by atoms with E-state index >= 15 is 0 Å². The lowest BCUT2D eigenvalue weighted by Crippen LogP contribution is -2.23. The van der Waals surface area contributed by atoms with Crippen molar-refractivity contribution in [1.82, 2.24) is 0 Å². The highest BCUT2D eigenvalue weighted by molar-refractivity contribution is 9.10. The molecular weight excluding hydrogens is 480 g/mol. The third kappa shape index (κ3) is 6.45. The summed E-state index contributed by atoms with van der Waals surface area (Å²) in [6, 6.07) is 18.5. The van der Waals surface area contributed by atoms with Crippen LogP contribution in [0.1, 0.15) is 47.8 Å². The summed E-state index contributed by atoms with van der Waals surface area (Å²) in [5.74, 6) is -0.0669. The molecule has 0 heterocycles. The van der Waals surface area contributed by atoms with Gasteiger partial charge >= 0.3 is 0 Å². The predicted molar refractivity (Wildman–Crippen MR) is 137 cm³/mol. The topological polar surface area (TPSA) is 67.4 Å². The molecule has 0 aromatic heterocycles. The van der Waals surface area contributed by atoms with E-state index in [1.54, 1.807) is 24.3 Å². The number of carbonyl (C=O) groups is 2. The van der Waals surface area contributed by atoms with Crippen molar-refractivity contribution in [3.63, 3.8) is 0 Å². The number of carbonyl (C=O) groups excluding carboxylic acids is 2. The Morgan fingerprint density at radius 3 is 2.30 bits per heavy atom. The summed E-state index contributed by atoms with van der Waals surface area (Å²) < 4.78 is 6.49. The van der Waals surface area contributed by atoms with Crippen LogP contribution in [0.25, 0.3) is 0 Å². The van der Waals surface area contributed by atoms with Crippen molar-refractivity contribution in [3.8, 4) is 5.75 Å². The summed E-state index contributed by atoms with van der Waals surface area (Å²) in [6.45, 7) is 10.2. The molecule has 0 bridgehead atoms. The number of hydrogen-bond donors (Lipinski definition) is 2. The van der Waals surface area contributed by atoms with Crippen LogP contribution in [0.3, 0.4) is 0 Å². The summed E-state index contributed by atoms with van der Waals surface area (Å²) >= 11 is 3.52. The first-order valence-electron chi connectivity index (χ1n) is 10.7. The summed E-state index contributed by atoms with van der Waals surface area (Å²) in [5.41, 5.74) is 4.92. The Balaban J connectivity index is 1.66. The average molecular weight is 509 g/mol. The monoisotopic (exact) mass is 508 g/mol. The number of rotatable bonds is 6. The number of amides is 2. The first kappa shape index (κ1) is 24.5. The molecule has 3 aromatic rings. The lowest BCUT2D eigenvalue weighted by atomic mass is 9.87. The molecule has 0 aliphatic rings. The summed E-state index contributed by atoms with van der Waals surface area (Å²) in [4.78, 5) is 25.4. The van der Waals surface area contributed by atoms with Crippen molar-refractivity contribution in [2.75, 3.05) is 17.2 Å². The second-order valence-corrected chi connectivity index (χ2v) is 9.89. The number of para-hydroxylation sites is 1. The van der Waals surface area contributed by atoms with Crippen LogP contribution in [0.5, 0.6) is 5.75 Å². The fraction of sp³-hybridized carbons (Fsp3) is 0.259. The van der Waals surface area contributed by atoms with Crippen molar-refractivity contribution in [1.29, 1.82) is 0 Å². The van der Waals surface area contributed by atoms with E-state index in [0.29, 0.717) is 22.7 Å². The zero-order chi connectivity index (χ0) is 24.2. The van der Waals surface area contributed by atoms with Gasteiger partial charge in [-0.3, -0.25) is 9.59 Å². The quantitative estimate of drug-likeness (QED) is 0.392. The Hall–Kier alpha value is -3.12. The molecule has 2 N–H and O–H groups in total. The van der Waals surface area contributed by atoms with Gasteiger partial charge in [0.05, 0.1) is 15.7 Å². The molecule has 0 aliphatic carbocycles. The van der Waals surface area contributed by atoms with Crippen molar-refractivity contribution < 1.29 is 14.3 Å². The highest BCUT2D eigenvalue weighted by Crippen LogP contribution is 2.31. The SMILES string of the molecule is Cc1ccc(NC(=O)c2ccccc2NC(=O)COc2ccc(C(C)(C)C)cc2Br)cc1C. The minimum Gasteiger partial charge on any atom is -0.483 e. The molecule has 0 radical (unpaired) electrons. The minimum absolute atomic E-state index is 0.0139.